The van der Waals surface area contributed by atoms with Crippen LogP contribution in [0.5, 0.6) is 0 Å². The summed E-state index contributed by atoms with van der Waals surface area (Å²) in [5.74, 6) is 0. The van der Waals surface area contributed by atoms with Gasteiger partial charge in [-0.3, -0.25) is 23.2 Å². The highest BCUT2D eigenvalue weighted by atomic mass is 32.3. The summed E-state index contributed by atoms with van der Waals surface area (Å²) in [5, 5.41) is 0. The van der Waals surface area contributed by atoms with E-state index in [1.165, 1.54) is 5.56 Å². The van der Waals surface area contributed by atoms with Crippen LogP contribution in [0.15, 0.2) is 37.1 Å². The van der Waals surface area contributed by atoms with Gasteiger partial charge in [0, 0.05) is 30.7 Å². The molecular weight excluding hydrogens is 342 g/mol. The zero-order valence-electron chi connectivity index (χ0n) is 10.8. The number of pyridine rings is 1. The number of hydrogen-bond donors (Lipinski definition) is 5. The van der Waals surface area contributed by atoms with Gasteiger partial charge in [0.05, 0.1) is 6.33 Å². The number of aromatic amines is 1. The van der Waals surface area contributed by atoms with Crippen LogP contribution in [0.1, 0.15) is 11.3 Å². The molecular formula is C9H13N3O8S2. The van der Waals surface area contributed by atoms with Gasteiger partial charge in [0.15, 0.2) is 0 Å². The van der Waals surface area contributed by atoms with E-state index in [9.17, 15) is 0 Å². The van der Waals surface area contributed by atoms with Gasteiger partial charge in [-0.2, -0.15) is 16.8 Å². The van der Waals surface area contributed by atoms with Gasteiger partial charge in [0.1, 0.15) is 0 Å². The summed E-state index contributed by atoms with van der Waals surface area (Å²) in [6.45, 7) is 0. The highest BCUT2D eigenvalue weighted by Crippen LogP contribution is 2.03. The Bertz CT molecular complexity index is 682. The molecule has 0 bridgehead atoms. The summed E-state index contributed by atoms with van der Waals surface area (Å²) >= 11 is 0. The second-order valence-electron chi connectivity index (χ2n) is 3.50. The lowest BCUT2D eigenvalue weighted by atomic mass is 10.2. The van der Waals surface area contributed by atoms with Gasteiger partial charge in [-0.1, -0.05) is 0 Å². The molecule has 0 radical (unpaired) electrons. The molecule has 22 heavy (non-hydrogen) atoms. The van der Waals surface area contributed by atoms with E-state index in [4.69, 9.17) is 35.0 Å². The number of nitrogens with one attached hydrogen (secondary N) is 1. The Kier molecular flexibility index (Phi) is 8.39. The lowest BCUT2D eigenvalue weighted by molar-refractivity contribution is 0.378. The molecule has 0 aliphatic carbocycles. The first kappa shape index (κ1) is 20.1. The van der Waals surface area contributed by atoms with E-state index in [1.54, 1.807) is 18.7 Å². The van der Waals surface area contributed by atoms with Crippen molar-refractivity contribution >= 4 is 20.8 Å². The van der Waals surface area contributed by atoms with Crippen molar-refractivity contribution in [2.75, 3.05) is 0 Å². The summed E-state index contributed by atoms with van der Waals surface area (Å²) < 4.78 is 63.2. The first-order valence-corrected chi connectivity index (χ1v) is 8.00. The zero-order chi connectivity index (χ0) is 17.2. The van der Waals surface area contributed by atoms with Crippen LogP contribution in [-0.2, 0) is 27.2 Å². The van der Waals surface area contributed by atoms with E-state index >= 15 is 0 Å². The number of H-pyrrole nitrogens is 1. The molecule has 0 saturated carbocycles. The molecule has 2 heterocycles. The van der Waals surface area contributed by atoms with E-state index in [-0.39, 0.29) is 0 Å². The Morgan fingerprint density at radius 1 is 0.909 bits per heavy atom. The summed E-state index contributed by atoms with van der Waals surface area (Å²) in [7, 11) is -9.33. The Morgan fingerprint density at radius 3 is 1.73 bits per heavy atom. The molecule has 0 saturated heterocycles. The van der Waals surface area contributed by atoms with Crippen molar-refractivity contribution in [1.29, 1.82) is 0 Å². The lowest BCUT2D eigenvalue weighted by Crippen LogP contribution is -1.89. The fourth-order valence-electron chi connectivity index (χ4n) is 1.10. The van der Waals surface area contributed by atoms with Gasteiger partial charge in [0.2, 0.25) is 0 Å². The second-order valence-corrected chi connectivity index (χ2v) is 5.30. The molecule has 5 N–H and O–H groups in total. The predicted octanol–water partition coefficient (Wildman–Crippen LogP) is 0.0899. The number of nitrogens with zero attached hydrogens (tertiary/aromatic N) is 2. The van der Waals surface area contributed by atoms with Crippen LogP contribution in [0.3, 0.4) is 0 Å². The van der Waals surface area contributed by atoms with Crippen LogP contribution in [0.4, 0.5) is 0 Å². The molecule has 0 aliphatic rings. The topological polar surface area (TPSA) is 191 Å². The highest BCUT2D eigenvalue weighted by molar-refractivity contribution is 7.80. The van der Waals surface area contributed by atoms with Crippen molar-refractivity contribution < 1.29 is 35.0 Å². The molecule has 2 aromatic heterocycles. The summed E-state index contributed by atoms with van der Waals surface area (Å²) in [4.78, 5) is 11.0. The monoisotopic (exact) mass is 355 g/mol. The van der Waals surface area contributed by atoms with E-state index in [1.807, 2.05) is 18.3 Å². The third-order valence-corrected chi connectivity index (χ3v) is 1.70. The average Bonchev–Trinajstić information content (AvgIpc) is 2.78. The SMILES string of the molecule is O=S(=O)(O)O.O=S(=O)(O)O.c1cc(Cc2cnc[nH]2)ccn1. The van der Waals surface area contributed by atoms with Crippen molar-refractivity contribution in [1.82, 2.24) is 15.0 Å². The molecule has 0 atom stereocenters. The van der Waals surface area contributed by atoms with Crippen molar-refractivity contribution in [3.05, 3.63) is 48.3 Å². The molecule has 124 valence electrons. The Balaban J connectivity index is 0.000000372. The number of aromatic nitrogens is 3. The van der Waals surface area contributed by atoms with E-state index in [0.717, 1.165) is 12.1 Å². The van der Waals surface area contributed by atoms with Crippen LogP contribution < -0.4 is 0 Å². The minimum atomic E-state index is -4.67. The molecule has 0 amide bonds. The number of imidazole rings is 1. The summed E-state index contributed by atoms with van der Waals surface area (Å²) in [6.07, 6.45) is 8.01. The lowest BCUT2D eigenvalue weighted by Gasteiger charge is -1.95. The maximum atomic E-state index is 8.74. The molecule has 2 rings (SSSR count). The fourth-order valence-corrected chi connectivity index (χ4v) is 1.10. The maximum absolute atomic E-state index is 8.74. The Hall–Kier alpha value is -1.90. The van der Waals surface area contributed by atoms with Crippen LogP contribution >= 0.6 is 0 Å². The zero-order valence-corrected chi connectivity index (χ0v) is 12.4. The van der Waals surface area contributed by atoms with Gasteiger partial charge in [-0.25, -0.2) is 4.98 Å². The van der Waals surface area contributed by atoms with Crippen LogP contribution in [0.2, 0.25) is 0 Å². The van der Waals surface area contributed by atoms with Gasteiger partial charge in [0.25, 0.3) is 0 Å². The fraction of sp³-hybridized carbons (Fsp3) is 0.111. The highest BCUT2D eigenvalue weighted by Gasteiger charge is 1.94. The van der Waals surface area contributed by atoms with Crippen molar-refractivity contribution in [3.8, 4) is 0 Å². The molecule has 0 spiro atoms. The largest absolute Gasteiger partial charge is 0.394 e. The average molecular weight is 355 g/mol. The molecule has 13 heteroatoms. The molecule has 0 aliphatic heterocycles. The third kappa shape index (κ3) is 18.1. The minimum absolute atomic E-state index is 0.891. The van der Waals surface area contributed by atoms with Crippen LogP contribution in [-0.4, -0.2) is 50.0 Å². The predicted molar refractivity (Wildman–Crippen MR) is 74.0 cm³/mol. The van der Waals surface area contributed by atoms with Crippen LogP contribution in [0.25, 0.3) is 0 Å². The second kappa shape index (κ2) is 9.19. The Morgan fingerprint density at radius 2 is 1.36 bits per heavy atom. The number of rotatable bonds is 2. The molecule has 11 nitrogen and oxygen atoms in total. The first-order valence-electron chi connectivity index (χ1n) is 5.21. The van der Waals surface area contributed by atoms with E-state index in [0.29, 0.717) is 0 Å². The maximum Gasteiger partial charge on any atom is 0.394 e. The summed E-state index contributed by atoms with van der Waals surface area (Å²) in [6, 6.07) is 4.00. The third-order valence-electron chi connectivity index (χ3n) is 1.70. The first-order chi connectivity index (χ1) is 9.95. The van der Waals surface area contributed by atoms with Gasteiger partial charge < -0.3 is 4.98 Å². The van der Waals surface area contributed by atoms with Crippen molar-refractivity contribution in [2.45, 2.75) is 6.42 Å². The van der Waals surface area contributed by atoms with Gasteiger partial charge in [-0.05, 0) is 17.7 Å². The normalized spacial score (nSPS) is 10.7. The van der Waals surface area contributed by atoms with Crippen molar-refractivity contribution in [2.24, 2.45) is 0 Å². The molecule has 0 aromatic carbocycles. The molecule has 0 fully saturated rings. The van der Waals surface area contributed by atoms with Gasteiger partial charge in [-0.15, -0.1) is 0 Å². The van der Waals surface area contributed by atoms with Crippen LogP contribution in [0, 0.1) is 0 Å². The molecule has 2 aromatic rings. The van der Waals surface area contributed by atoms with Crippen molar-refractivity contribution in [3.63, 3.8) is 0 Å². The molecule has 0 unspecified atom stereocenters. The Labute approximate surface area is 126 Å². The van der Waals surface area contributed by atoms with Gasteiger partial charge >= 0.3 is 20.8 Å². The van der Waals surface area contributed by atoms with E-state index in [2.05, 4.69) is 15.0 Å². The number of hydrogen-bond acceptors (Lipinski definition) is 6. The smallest absolute Gasteiger partial charge is 0.348 e. The van der Waals surface area contributed by atoms with E-state index < -0.39 is 20.8 Å². The summed E-state index contributed by atoms with van der Waals surface area (Å²) in [5.41, 5.74) is 2.37. The standard InChI is InChI=1S/C9H9N3.2H2O4S/c1-3-10-4-2-8(1)5-9-6-11-7-12-9;2*1-5(2,3)4/h1-4,6-7H,5H2,(H,11,12);2*(H2,1,2,3,4). The quantitative estimate of drug-likeness (QED) is 0.461. The minimum Gasteiger partial charge on any atom is -0.348 e.